The molecule has 0 bridgehead atoms. The first-order chi connectivity index (χ1) is 13.2. The maximum absolute atomic E-state index is 6.13. The predicted octanol–water partition coefficient (Wildman–Crippen LogP) is 7.33. The second kappa shape index (κ2) is 7.91. The normalized spacial score (nSPS) is 11.8. The Morgan fingerprint density at radius 1 is 1.00 bits per heavy atom. The second-order valence-corrected chi connectivity index (χ2v) is 7.16. The van der Waals surface area contributed by atoms with Crippen LogP contribution in [0.2, 0.25) is 5.02 Å². The molecule has 0 atom stereocenters. The summed E-state index contributed by atoms with van der Waals surface area (Å²) < 4.78 is 6.83. The van der Waals surface area contributed by atoms with Crippen molar-refractivity contribution in [3.63, 3.8) is 0 Å². The molecule has 0 fully saturated rings. The van der Waals surface area contributed by atoms with Gasteiger partial charge in [-0.2, -0.15) is 0 Å². The minimum absolute atomic E-state index is 0.589. The van der Waals surface area contributed by atoms with Crippen LogP contribution in [0.1, 0.15) is 5.56 Å². The summed E-state index contributed by atoms with van der Waals surface area (Å²) in [7, 11) is 0. The fourth-order valence-electron chi connectivity index (χ4n) is 2.63. The molecule has 4 rings (SSSR count). The maximum Gasteiger partial charge on any atom is 0.227 e. The highest BCUT2D eigenvalue weighted by molar-refractivity contribution is 9.10. The lowest BCUT2D eigenvalue weighted by molar-refractivity contribution is 0.620. The zero-order chi connectivity index (χ0) is 18.6. The van der Waals surface area contributed by atoms with E-state index in [1.54, 1.807) is 6.21 Å². The van der Waals surface area contributed by atoms with Gasteiger partial charge in [-0.3, -0.25) is 4.99 Å². The van der Waals surface area contributed by atoms with Crippen molar-refractivity contribution in [1.82, 2.24) is 4.98 Å². The molecule has 0 radical (unpaired) electrons. The summed E-state index contributed by atoms with van der Waals surface area (Å²) in [6.07, 6.45) is 5.52. The average molecular weight is 438 g/mol. The topological polar surface area (TPSA) is 38.4 Å². The van der Waals surface area contributed by atoms with Crippen LogP contribution in [0.25, 0.3) is 28.6 Å². The molecule has 0 saturated carbocycles. The molecule has 1 aromatic heterocycles. The first-order valence-electron chi connectivity index (χ1n) is 8.31. The van der Waals surface area contributed by atoms with Crippen LogP contribution in [0.3, 0.4) is 0 Å². The number of oxazole rings is 1. The average Bonchev–Trinajstić information content (AvgIpc) is 3.10. The Bertz CT molecular complexity index is 1160. The largest absolute Gasteiger partial charge is 0.436 e. The van der Waals surface area contributed by atoms with Crippen LogP contribution in [-0.2, 0) is 0 Å². The van der Waals surface area contributed by atoms with Crippen LogP contribution in [-0.4, -0.2) is 11.2 Å². The van der Waals surface area contributed by atoms with Crippen molar-refractivity contribution in [1.29, 1.82) is 0 Å². The number of aliphatic imine (C=N–C) groups is 1. The molecular formula is C22H14BrClN2O. The summed E-state index contributed by atoms with van der Waals surface area (Å²) in [6.45, 7) is 0. The molecule has 5 heteroatoms. The van der Waals surface area contributed by atoms with E-state index in [0.717, 1.165) is 32.4 Å². The van der Waals surface area contributed by atoms with Crippen LogP contribution in [0.5, 0.6) is 0 Å². The number of nitrogens with zero attached hydrogens (tertiary/aromatic N) is 2. The van der Waals surface area contributed by atoms with E-state index in [4.69, 9.17) is 16.0 Å². The summed E-state index contributed by atoms with van der Waals surface area (Å²) >= 11 is 9.60. The van der Waals surface area contributed by atoms with Gasteiger partial charge in [0, 0.05) is 21.3 Å². The maximum atomic E-state index is 6.13. The molecule has 0 spiro atoms. The third kappa shape index (κ3) is 4.18. The van der Waals surface area contributed by atoms with Crippen molar-refractivity contribution < 1.29 is 4.42 Å². The third-order valence-electron chi connectivity index (χ3n) is 3.93. The number of fused-ring (bicyclic) bond motifs is 1. The Kier molecular flexibility index (Phi) is 5.19. The van der Waals surface area contributed by atoms with Gasteiger partial charge in [0.2, 0.25) is 5.89 Å². The molecule has 0 saturated heterocycles. The van der Waals surface area contributed by atoms with Crippen molar-refractivity contribution in [2.75, 3.05) is 0 Å². The minimum Gasteiger partial charge on any atom is -0.436 e. The first kappa shape index (κ1) is 17.7. The van der Waals surface area contributed by atoms with E-state index in [1.807, 2.05) is 78.9 Å². The fourth-order valence-corrected chi connectivity index (χ4v) is 3.23. The van der Waals surface area contributed by atoms with Crippen molar-refractivity contribution >= 4 is 56.6 Å². The van der Waals surface area contributed by atoms with Gasteiger partial charge in [-0.15, -0.1) is 0 Å². The second-order valence-electron chi connectivity index (χ2n) is 5.84. The zero-order valence-electron chi connectivity index (χ0n) is 14.1. The predicted molar refractivity (Wildman–Crippen MR) is 116 cm³/mol. The molecule has 0 aliphatic rings. The van der Waals surface area contributed by atoms with Gasteiger partial charge >= 0.3 is 0 Å². The molecule has 1 heterocycles. The van der Waals surface area contributed by atoms with Gasteiger partial charge in [-0.05, 0) is 54.1 Å². The van der Waals surface area contributed by atoms with Crippen LogP contribution in [0.4, 0.5) is 5.69 Å². The molecule has 3 nitrogen and oxygen atoms in total. The van der Waals surface area contributed by atoms with Gasteiger partial charge in [0.15, 0.2) is 5.58 Å². The molecular weight excluding hydrogens is 424 g/mol. The number of rotatable bonds is 4. The smallest absolute Gasteiger partial charge is 0.227 e. The van der Waals surface area contributed by atoms with Crippen LogP contribution in [0, 0.1) is 0 Å². The van der Waals surface area contributed by atoms with Crippen molar-refractivity contribution in [3.8, 4) is 11.5 Å². The highest BCUT2D eigenvalue weighted by Crippen LogP contribution is 2.28. The number of hydrogen-bond acceptors (Lipinski definition) is 3. The first-order valence-corrected chi connectivity index (χ1v) is 9.48. The molecule has 0 unspecified atom stereocenters. The van der Waals surface area contributed by atoms with Crippen LogP contribution < -0.4 is 0 Å². The van der Waals surface area contributed by atoms with Crippen LogP contribution in [0.15, 0.2) is 86.7 Å². The van der Waals surface area contributed by atoms with Gasteiger partial charge in [-0.1, -0.05) is 57.9 Å². The Balaban J connectivity index is 1.56. The number of aromatic nitrogens is 1. The lowest BCUT2D eigenvalue weighted by atomic mass is 10.2. The van der Waals surface area contributed by atoms with Crippen LogP contribution >= 0.6 is 27.5 Å². The van der Waals surface area contributed by atoms with E-state index in [0.29, 0.717) is 10.9 Å². The molecule has 132 valence electrons. The molecule has 27 heavy (non-hydrogen) atoms. The van der Waals surface area contributed by atoms with Gasteiger partial charge in [-0.25, -0.2) is 4.98 Å². The van der Waals surface area contributed by atoms with Crippen molar-refractivity contribution in [2.24, 2.45) is 4.99 Å². The third-order valence-corrected chi connectivity index (χ3v) is 4.77. The lowest BCUT2D eigenvalue weighted by Gasteiger charge is -1.95. The van der Waals surface area contributed by atoms with E-state index >= 15 is 0 Å². The molecule has 0 N–H and O–H groups in total. The quantitative estimate of drug-likeness (QED) is 0.314. The highest BCUT2D eigenvalue weighted by Gasteiger charge is 2.08. The van der Waals surface area contributed by atoms with E-state index in [-0.39, 0.29) is 0 Å². The van der Waals surface area contributed by atoms with E-state index in [2.05, 4.69) is 25.9 Å². The summed E-state index contributed by atoms with van der Waals surface area (Å²) in [5.74, 6) is 0.589. The van der Waals surface area contributed by atoms with E-state index < -0.39 is 0 Å². The van der Waals surface area contributed by atoms with Crippen molar-refractivity contribution in [3.05, 3.63) is 87.9 Å². The van der Waals surface area contributed by atoms with Gasteiger partial charge < -0.3 is 4.42 Å². The summed E-state index contributed by atoms with van der Waals surface area (Å²) in [5.41, 5.74) is 4.19. The summed E-state index contributed by atoms with van der Waals surface area (Å²) in [6, 6.07) is 21.2. The van der Waals surface area contributed by atoms with Crippen molar-refractivity contribution in [2.45, 2.75) is 0 Å². The highest BCUT2D eigenvalue weighted by atomic mass is 79.9. The lowest BCUT2D eigenvalue weighted by Crippen LogP contribution is -1.76. The molecule has 4 aromatic rings. The fraction of sp³-hybridized carbons (Fsp3) is 0. The standard InChI is InChI=1S/C22H14BrClN2O/c23-17-8-3-6-16(13-17)22-26-20-14-18(10-11-21(20)27-22)25-12-4-7-15-5-1-2-9-19(15)24/h1-14H/b7-4+,25-12?. The summed E-state index contributed by atoms with van der Waals surface area (Å²) in [5, 5.41) is 0.714. The van der Waals surface area contributed by atoms with Gasteiger partial charge in [0.1, 0.15) is 5.52 Å². The summed E-state index contributed by atoms with van der Waals surface area (Å²) in [4.78, 5) is 9.03. The monoisotopic (exact) mass is 436 g/mol. The Morgan fingerprint density at radius 3 is 2.74 bits per heavy atom. The van der Waals surface area contributed by atoms with E-state index in [1.165, 1.54) is 0 Å². The molecule has 0 amide bonds. The van der Waals surface area contributed by atoms with Gasteiger partial charge in [0.05, 0.1) is 5.69 Å². The van der Waals surface area contributed by atoms with Gasteiger partial charge in [0.25, 0.3) is 0 Å². The Morgan fingerprint density at radius 2 is 1.89 bits per heavy atom. The Labute approximate surface area is 170 Å². The SMILES string of the molecule is Clc1ccccc1/C=C/C=Nc1ccc2oc(-c3cccc(Br)c3)nc2c1. The minimum atomic E-state index is 0.589. The number of benzene rings is 3. The zero-order valence-corrected chi connectivity index (χ0v) is 16.5. The molecule has 3 aromatic carbocycles. The molecule has 0 aliphatic heterocycles. The van der Waals surface area contributed by atoms with E-state index in [9.17, 15) is 0 Å². The number of hydrogen-bond donors (Lipinski definition) is 0. The number of halogens is 2. The Hall–Kier alpha value is -2.69. The number of allylic oxidation sites excluding steroid dienone is 1. The molecule has 0 aliphatic carbocycles.